The summed E-state index contributed by atoms with van der Waals surface area (Å²) in [6.45, 7) is 0. The van der Waals surface area contributed by atoms with E-state index in [1.807, 2.05) is 17.5 Å². The summed E-state index contributed by atoms with van der Waals surface area (Å²) in [5.74, 6) is 1.07. The maximum atomic E-state index is 13.6. The van der Waals surface area contributed by atoms with Crippen LogP contribution in [0.2, 0.25) is 0 Å². The number of hydrogen-bond donors (Lipinski definition) is 1. The van der Waals surface area contributed by atoms with Gasteiger partial charge in [0.1, 0.15) is 5.82 Å². The summed E-state index contributed by atoms with van der Waals surface area (Å²) in [5.41, 5.74) is 6.86. The smallest absolute Gasteiger partial charge is 0.162 e. The number of thioether (sulfide) groups is 1. The number of nitrogens with zero attached hydrogens (tertiary/aromatic N) is 1. The quantitative estimate of drug-likeness (QED) is 0.573. The summed E-state index contributed by atoms with van der Waals surface area (Å²) >= 11 is 2.92. The van der Waals surface area contributed by atoms with Crippen LogP contribution in [-0.2, 0) is 5.75 Å². The Labute approximate surface area is 123 Å². The molecule has 2 N–H and O–H groups in total. The number of anilines is 1. The number of aromatic nitrogens is 1. The molecule has 1 aromatic carbocycles. The maximum absolute atomic E-state index is 13.6. The first kappa shape index (κ1) is 13.2. The number of benzene rings is 1. The Hall–Kier alpha value is -1.79. The minimum atomic E-state index is -0.295. The lowest BCUT2D eigenvalue weighted by Gasteiger charge is -2.02. The highest BCUT2D eigenvalue weighted by atomic mass is 32.2. The highest BCUT2D eigenvalue weighted by Crippen LogP contribution is 2.29. The van der Waals surface area contributed by atoms with Crippen LogP contribution in [0.4, 0.5) is 10.1 Å². The fraction of sp³-hybridized carbons (Fsp3) is 0.0714. The molecule has 0 atom stereocenters. The molecule has 3 nitrogen and oxygen atoms in total. The molecule has 0 spiro atoms. The molecule has 0 bridgehead atoms. The number of thiazole rings is 1. The number of furan rings is 1. The maximum Gasteiger partial charge on any atom is 0.162 e. The lowest BCUT2D eigenvalue weighted by Crippen LogP contribution is -1.89. The first-order valence-corrected chi connectivity index (χ1v) is 7.75. The van der Waals surface area contributed by atoms with Gasteiger partial charge >= 0.3 is 0 Å². The molecule has 0 unspecified atom stereocenters. The third-order valence-corrected chi connectivity index (χ3v) is 4.60. The molecule has 0 fully saturated rings. The van der Waals surface area contributed by atoms with Gasteiger partial charge < -0.3 is 10.2 Å². The Kier molecular flexibility index (Phi) is 3.75. The third-order valence-electron chi connectivity index (χ3n) is 2.62. The molecule has 3 aromatic rings. The second-order valence-corrected chi connectivity index (χ2v) is 5.98. The lowest BCUT2D eigenvalue weighted by molar-refractivity contribution is 0.581. The van der Waals surface area contributed by atoms with Crippen molar-refractivity contribution in [1.82, 2.24) is 4.98 Å². The van der Waals surface area contributed by atoms with Gasteiger partial charge in [-0.05, 0) is 30.3 Å². The Morgan fingerprint density at radius 2 is 2.25 bits per heavy atom. The first-order valence-electron chi connectivity index (χ1n) is 5.88. The number of nitrogens with two attached hydrogens (primary N) is 1. The van der Waals surface area contributed by atoms with Crippen LogP contribution in [0.3, 0.4) is 0 Å². The Morgan fingerprint density at radius 3 is 3.00 bits per heavy atom. The molecule has 3 rings (SSSR count). The number of rotatable bonds is 4. The highest BCUT2D eigenvalue weighted by molar-refractivity contribution is 7.98. The van der Waals surface area contributed by atoms with Crippen LogP contribution in [0.25, 0.3) is 10.8 Å². The van der Waals surface area contributed by atoms with Crippen molar-refractivity contribution in [1.29, 1.82) is 0 Å². The van der Waals surface area contributed by atoms with E-state index in [4.69, 9.17) is 10.2 Å². The lowest BCUT2D eigenvalue weighted by atomic mass is 10.3. The summed E-state index contributed by atoms with van der Waals surface area (Å²) in [6.07, 6.45) is 1.62. The molecule has 2 heterocycles. The normalized spacial score (nSPS) is 10.8. The topological polar surface area (TPSA) is 52.0 Å². The molecule has 0 aliphatic heterocycles. The zero-order chi connectivity index (χ0) is 13.9. The zero-order valence-electron chi connectivity index (χ0n) is 10.4. The summed E-state index contributed by atoms with van der Waals surface area (Å²) in [6, 6.07) is 8.41. The molecule has 0 radical (unpaired) electrons. The van der Waals surface area contributed by atoms with Crippen molar-refractivity contribution < 1.29 is 8.81 Å². The van der Waals surface area contributed by atoms with E-state index in [2.05, 4.69) is 4.98 Å². The van der Waals surface area contributed by atoms with E-state index < -0.39 is 0 Å². The fourth-order valence-corrected chi connectivity index (χ4v) is 3.38. The van der Waals surface area contributed by atoms with Gasteiger partial charge in [-0.3, -0.25) is 0 Å². The average molecular weight is 306 g/mol. The van der Waals surface area contributed by atoms with Crippen molar-refractivity contribution in [3.63, 3.8) is 0 Å². The van der Waals surface area contributed by atoms with E-state index in [0.29, 0.717) is 16.3 Å². The van der Waals surface area contributed by atoms with Gasteiger partial charge in [-0.2, -0.15) is 0 Å². The summed E-state index contributed by atoms with van der Waals surface area (Å²) in [5, 5.41) is 2.79. The van der Waals surface area contributed by atoms with E-state index >= 15 is 0 Å². The van der Waals surface area contributed by atoms with Crippen LogP contribution in [0, 0.1) is 5.82 Å². The van der Waals surface area contributed by atoms with Crippen LogP contribution in [0.15, 0.2) is 51.3 Å². The fourth-order valence-electron chi connectivity index (χ4n) is 1.67. The number of halogens is 1. The van der Waals surface area contributed by atoms with Crippen molar-refractivity contribution in [3.8, 4) is 10.8 Å². The van der Waals surface area contributed by atoms with Crippen LogP contribution >= 0.6 is 23.1 Å². The molecule has 0 saturated heterocycles. The third kappa shape index (κ3) is 2.86. The zero-order valence-corrected chi connectivity index (χ0v) is 12.0. The average Bonchev–Trinajstić information content (AvgIpc) is 3.08. The van der Waals surface area contributed by atoms with Crippen LogP contribution in [-0.4, -0.2) is 4.98 Å². The molecule has 0 saturated carbocycles. The highest BCUT2D eigenvalue weighted by Gasteiger charge is 2.09. The number of nitrogen functional groups attached to an aromatic ring is 1. The van der Waals surface area contributed by atoms with Crippen molar-refractivity contribution in [2.45, 2.75) is 10.6 Å². The predicted molar refractivity (Wildman–Crippen MR) is 80.2 cm³/mol. The Balaban J connectivity index is 1.70. The van der Waals surface area contributed by atoms with Gasteiger partial charge in [0.15, 0.2) is 10.8 Å². The number of hydrogen-bond acceptors (Lipinski definition) is 5. The second kappa shape index (κ2) is 5.68. The van der Waals surface area contributed by atoms with Gasteiger partial charge in [0.05, 0.1) is 12.0 Å². The monoisotopic (exact) mass is 306 g/mol. The van der Waals surface area contributed by atoms with Gasteiger partial charge in [-0.15, -0.1) is 23.1 Å². The van der Waals surface area contributed by atoms with E-state index in [1.54, 1.807) is 18.4 Å². The van der Waals surface area contributed by atoms with Crippen molar-refractivity contribution in [3.05, 3.63) is 53.5 Å². The first-order chi connectivity index (χ1) is 9.72. The van der Waals surface area contributed by atoms with Gasteiger partial charge in [-0.25, -0.2) is 9.37 Å². The summed E-state index contributed by atoms with van der Waals surface area (Å²) in [7, 11) is 0. The molecule has 6 heteroatoms. The molecule has 0 aliphatic carbocycles. The molecular weight excluding hydrogens is 295 g/mol. The molecule has 0 aliphatic rings. The summed E-state index contributed by atoms with van der Waals surface area (Å²) in [4.78, 5) is 5.05. The van der Waals surface area contributed by atoms with Crippen LogP contribution in [0.1, 0.15) is 5.69 Å². The van der Waals surface area contributed by atoms with Gasteiger partial charge in [0, 0.05) is 21.7 Å². The van der Waals surface area contributed by atoms with Crippen molar-refractivity contribution in [2.75, 3.05) is 5.73 Å². The van der Waals surface area contributed by atoms with E-state index in [9.17, 15) is 4.39 Å². The van der Waals surface area contributed by atoms with E-state index in [-0.39, 0.29) is 5.82 Å². The largest absolute Gasteiger partial charge is 0.462 e. The van der Waals surface area contributed by atoms with E-state index in [0.717, 1.165) is 16.5 Å². The molecule has 20 heavy (non-hydrogen) atoms. The van der Waals surface area contributed by atoms with Crippen molar-refractivity contribution in [2.24, 2.45) is 0 Å². The van der Waals surface area contributed by atoms with Crippen molar-refractivity contribution >= 4 is 28.8 Å². The second-order valence-electron chi connectivity index (χ2n) is 4.10. The SMILES string of the molecule is Nc1ccc(SCc2csc(-c3ccco3)n2)c(F)c1. The predicted octanol–water partition coefficient (Wildman–Crippen LogP) is 4.42. The van der Waals surface area contributed by atoms with Crippen LogP contribution < -0.4 is 5.73 Å². The molecule has 2 aromatic heterocycles. The molecular formula is C14H11FN2OS2. The Bertz CT molecular complexity index is 710. The Morgan fingerprint density at radius 1 is 1.35 bits per heavy atom. The van der Waals surface area contributed by atoms with E-state index in [1.165, 1.54) is 29.2 Å². The van der Waals surface area contributed by atoms with Gasteiger partial charge in [0.25, 0.3) is 0 Å². The molecule has 0 amide bonds. The van der Waals surface area contributed by atoms with Crippen LogP contribution in [0.5, 0.6) is 0 Å². The van der Waals surface area contributed by atoms with Gasteiger partial charge in [-0.1, -0.05) is 0 Å². The molecule has 102 valence electrons. The standard InChI is InChI=1S/C14H11FN2OS2/c15-11-6-9(16)3-4-13(11)19-7-10-8-20-14(17-10)12-2-1-5-18-12/h1-6,8H,7,16H2. The minimum Gasteiger partial charge on any atom is -0.462 e. The summed E-state index contributed by atoms with van der Waals surface area (Å²) < 4.78 is 18.9. The van der Waals surface area contributed by atoms with Gasteiger partial charge in [0.2, 0.25) is 0 Å². The minimum absolute atomic E-state index is 0.295.